The maximum Gasteiger partial charge on any atom is 0.0598 e. The zero-order valence-electron chi connectivity index (χ0n) is 10.8. The van der Waals surface area contributed by atoms with Crippen molar-refractivity contribution in [3.63, 3.8) is 0 Å². The molecule has 1 aromatic rings. The lowest BCUT2D eigenvalue weighted by atomic mass is 9.76. The number of rotatable bonds is 4. The van der Waals surface area contributed by atoms with Gasteiger partial charge in [0.25, 0.3) is 0 Å². The van der Waals surface area contributed by atoms with Crippen LogP contribution in [-0.4, -0.2) is 25.8 Å². The lowest BCUT2D eigenvalue weighted by molar-refractivity contribution is -0.0594. The fraction of sp³-hybridized carbons (Fsp3) is 0.600. The van der Waals surface area contributed by atoms with Crippen molar-refractivity contribution in [1.29, 1.82) is 0 Å². The third kappa shape index (κ3) is 2.12. The van der Waals surface area contributed by atoms with Crippen LogP contribution in [0.25, 0.3) is 0 Å². The first-order valence-corrected chi connectivity index (χ1v) is 6.58. The van der Waals surface area contributed by atoms with Gasteiger partial charge >= 0.3 is 0 Å². The maximum absolute atomic E-state index is 5.50. The minimum Gasteiger partial charge on any atom is -0.379 e. The fourth-order valence-corrected chi connectivity index (χ4v) is 2.64. The molecular weight excluding hydrogens is 210 g/mol. The van der Waals surface area contributed by atoms with Crippen LogP contribution in [0.5, 0.6) is 0 Å². The monoisotopic (exact) mass is 231 g/mol. The van der Waals surface area contributed by atoms with Crippen LogP contribution in [0, 0.1) is 13.8 Å². The van der Waals surface area contributed by atoms with E-state index in [-0.39, 0.29) is 5.41 Å². The molecule has 0 bridgehead atoms. The summed E-state index contributed by atoms with van der Waals surface area (Å²) in [5, 5.41) is 3.66. The molecule has 2 aliphatic rings. The number of hydrogen-bond acceptors (Lipinski definition) is 2. The Morgan fingerprint density at radius 2 is 2.06 bits per heavy atom. The van der Waals surface area contributed by atoms with E-state index in [0.29, 0.717) is 0 Å². The van der Waals surface area contributed by atoms with Crippen LogP contribution >= 0.6 is 0 Å². The molecule has 0 atom stereocenters. The number of nitrogens with one attached hydrogen (secondary N) is 1. The second-order valence-electron chi connectivity index (χ2n) is 5.75. The number of benzene rings is 1. The van der Waals surface area contributed by atoms with Gasteiger partial charge in [0.1, 0.15) is 0 Å². The van der Waals surface area contributed by atoms with Crippen LogP contribution in [0.1, 0.15) is 29.5 Å². The highest BCUT2D eigenvalue weighted by Crippen LogP contribution is 2.35. The van der Waals surface area contributed by atoms with Gasteiger partial charge in [0.2, 0.25) is 0 Å². The predicted octanol–water partition coefficient (Wildman–Crippen LogP) is 2.32. The van der Waals surface area contributed by atoms with E-state index in [0.717, 1.165) is 25.8 Å². The topological polar surface area (TPSA) is 21.3 Å². The lowest BCUT2D eigenvalue weighted by Crippen LogP contribution is -2.54. The molecule has 3 rings (SSSR count). The Balaban J connectivity index is 1.84. The molecule has 0 amide bonds. The Labute approximate surface area is 103 Å². The van der Waals surface area contributed by atoms with Crippen LogP contribution in [-0.2, 0) is 10.2 Å². The average molecular weight is 231 g/mol. The van der Waals surface area contributed by atoms with Crippen LogP contribution in [0.4, 0.5) is 0 Å². The molecule has 1 saturated carbocycles. The van der Waals surface area contributed by atoms with Crippen molar-refractivity contribution in [2.24, 2.45) is 0 Å². The summed E-state index contributed by atoms with van der Waals surface area (Å²) in [6.07, 6.45) is 2.70. The second kappa shape index (κ2) is 4.11. The number of aryl methyl sites for hydroxylation is 2. The summed E-state index contributed by atoms with van der Waals surface area (Å²) in [7, 11) is 0. The van der Waals surface area contributed by atoms with E-state index in [1.165, 1.54) is 29.5 Å². The summed E-state index contributed by atoms with van der Waals surface area (Å²) in [5.41, 5.74) is 4.47. The van der Waals surface area contributed by atoms with Gasteiger partial charge in [-0.1, -0.05) is 23.8 Å². The van der Waals surface area contributed by atoms with Crippen molar-refractivity contribution in [3.05, 3.63) is 34.9 Å². The molecule has 2 heteroatoms. The van der Waals surface area contributed by atoms with Gasteiger partial charge in [-0.15, -0.1) is 0 Å². The third-order valence-corrected chi connectivity index (χ3v) is 4.03. The van der Waals surface area contributed by atoms with E-state index in [1.807, 2.05) is 0 Å². The molecule has 1 saturated heterocycles. The van der Waals surface area contributed by atoms with Crippen molar-refractivity contribution in [3.8, 4) is 0 Å². The van der Waals surface area contributed by atoms with E-state index in [1.54, 1.807) is 0 Å². The van der Waals surface area contributed by atoms with Gasteiger partial charge in [-0.25, -0.2) is 0 Å². The molecule has 1 N–H and O–H groups in total. The van der Waals surface area contributed by atoms with Gasteiger partial charge < -0.3 is 10.1 Å². The van der Waals surface area contributed by atoms with Crippen molar-refractivity contribution in [2.45, 2.75) is 38.1 Å². The van der Waals surface area contributed by atoms with Crippen molar-refractivity contribution in [1.82, 2.24) is 5.32 Å². The molecule has 0 radical (unpaired) electrons. The van der Waals surface area contributed by atoms with Gasteiger partial charge in [0.15, 0.2) is 0 Å². The van der Waals surface area contributed by atoms with Crippen molar-refractivity contribution in [2.75, 3.05) is 19.8 Å². The Morgan fingerprint density at radius 1 is 1.29 bits per heavy atom. The summed E-state index contributed by atoms with van der Waals surface area (Å²) in [6, 6.07) is 7.55. The Hall–Kier alpha value is -0.860. The predicted molar refractivity (Wildman–Crippen MR) is 69.4 cm³/mol. The number of hydrogen-bond donors (Lipinski definition) is 1. The van der Waals surface area contributed by atoms with Gasteiger partial charge in [0.05, 0.1) is 18.6 Å². The molecule has 2 fully saturated rings. The lowest BCUT2D eigenvalue weighted by Gasteiger charge is -2.43. The molecule has 1 aromatic carbocycles. The smallest absolute Gasteiger partial charge is 0.0598 e. The zero-order chi connectivity index (χ0) is 11.9. The van der Waals surface area contributed by atoms with Gasteiger partial charge in [0, 0.05) is 12.6 Å². The minimum absolute atomic E-state index is 0.235. The minimum atomic E-state index is 0.235. The fourth-order valence-electron chi connectivity index (χ4n) is 2.64. The normalized spacial score (nSPS) is 22.2. The first-order chi connectivity index (χ1) is 8.20. The largest absolute Gasteiger partial charge is 0.379 e. The van der Waals surface area contributed by atoms with Crippen LogP contribution in [0.3, 0.4) is 0 Å². The van der Waals surface area contributed by atoms with Crippen molar-refractivity contribution < 1.29 is 4.74 Å². The van der Waals surface area contributed by atoms with Crippen molar-refractivity contribution >= 4 is 0 Å². The highest BCUT2D eigenvalue weighted by Gasteiger charge is 2.42. The molecule has 0 spiro atoms. The summed E-state index contributed by atoms with van der Waals surface area (Å²) >= 11 is 0. The summed E-state index contributed by atoms with van der Waals surface area (Å²) in [6.45, 7) is 7.20. The third-order valence-electron chi connectivity index (χ3n) is 4.03. The second-order valence-corrected chi connectivity index (χ2v) is 5.75. The Bertz CT molecular complexity index is 419. The van der Waals surface area contributed by atoms with E-state index >= 15 is 0 Å². The molecule has 0 aromatic heterocycles. The van der Waals surface area contributed by atoms with Gasteiger partial charge in [-0.2, -0.15) is 0 Å². The molecule has 1 aliphatic heterocycles. The number of ether oxygens (including phenoxy) is 1. The van der Waals surface area contributed by atoms with E-state index < -0.39 is 0 Å². The average Bonchev–Trinajstić information content (AvgIpc) is 3.05. The van der Waals surface area contributed by atoms with Crippen LogP contribution < -0.4 is 5.32 Å². The first kappa shape index (κ1) is 11.2. The molecule has 0 unspecified atom stereocenters. The molecular formula is C15H21NO. The summed E-state index contributed by atoms with van der Waals surface area (Å²) in [5.74, 6) is 0. The quantitative estimate of drug-likeness (QED) is 0.858. The van der Waals surface area contributed by atoms with Gasteiger partial charge in [-0.3, -0.25) is 0 Å². The molecule has 1 aliphatic carbocycles. The van der Waals surface area contributed by atoms with E-state index in [2.05, 4.69) is 37.4 Å². The standard InChI is InChI=1S/C15H21NO/c1-11-3-4-12(2)14(7-11)15(9-17-10-15)8-16-13-5-6-13/h3-4,7,13,16H,5-6,8-10H2,1-2H3. The summed E-state index contributed by atoms with van der Waals surface area (Å²) < 4.78 is 5.50. The summed E-state index contributed by atoms with van der Waals surface area (Å²) in [4.78, 5) is 0. The van der Waals surface area contributed by atoms with E-state index in [4.69, 9.17) is 4.74 Å². The van der Waals surface area contributed by atoms with E-state index in [9.17, 15) is 0 Å². The zero-order valence-corrected chi connectivity index (χ0v) is 10.8. The highest BCUT2D eigenvalue weighted by atomic mass is 16.5. The molecule has 1 heterocycles. The SMILES string of the molecule is Cc1ccc(C)c(C2(CNC3CC3)COC2)c1. The van der Waals surface area contributed by atoms with Gasteiger partial charge in [-0.05, 0) is 37.8 Å². The van der Waals surface area contributed by atoms with Crippen LogP contribution in [0.2, 0.25) is 0 Å². The molecule has 17 heavy (non-hydrogen) atoms. The maximum atomic E-state index is 5.50. The van der Waals surface area contributed by atoms with Crippen LogP contribution in [0.15, 0.2) is 18.2 Å². The Morgan fingerprint density at radius 3 is 2.65 bits per heavy atom. The first-order valence-electron chi connectivity index (χ1n) is 6.58. The molecule has 92 valence electrons. The highest BCUT2D eigenvalue weighted by molar-refractivity contribution is 5.39. The Kier molecular flexibility index (Phi) is 2.72. The molecule has 2 nitrogen and oxygen atoms in total.